The quantitative estimate of drug-likeness (QED) is 0.0484. The molecule has 18 nitrogen and oxygen atoms in total. The molecule has 0 aliphatic carbocycles. The van der Waals surface area contributed by atoms with Gasteiger partial charge >= 0.3 is 29.8 Å². The molecule has 4 aromatic rings. The van der Waals surface area contributed by atoms with Crippen LogP contribution in [-0.4, -0.2) is 95.2 Å². The molecule has 0 aliphatic heterocycles. The third kappa shape index (κ3) is 18.1. The molecule has 0 aliphatic rings. The summed E-state index contributed by atoms with van der Waals surface area (Å²) in [6, 6.07) is 16.9. The van der Waals surface area contributed by atoms with Crippen molar-refractivity contribution in [3.8, 4) is 23.0 Å². The zero-order valence-corrected chi connectivity index (χ0v) is 44.3. The van der Waals surface area contributed by atoms with E-state index in [-0.39, 0.29) is 64.2 Å². The number of aromatic hydroxyl groups is 1. The van der Waals surface area contributed by atoms with E-state index in [1.807, 2.05) is 90.1 Å². The summed E-state index contributed by atoms with van der Waals surface area (Å²) in [6.45, 7) is 24.8. The van der Waals surface area contributed by atoms with Gasteiger partial charge < -0.3 is 44.2 Å². The van der Waals surface area contributed by atoms with Gasteiger partial charge in [-0.15, -0.1) is 0 Å². The number of hydrogen-bond acceptors (Lipinski definition) is 16. The van der Waals surface area contributed by atoms with Crippen molar-refractivity contribution in [3.05, 3.63) is 107 Å². The predicted octanol–water partition coefficient (Wildman–Crippen LogP) is 8.14. The summed E-state index contributed by atoms with van der Waals surface area (Å²) in [4.78, 5) is 91.9. The molecule has 0 spiro atoms. The van der Waals surface area contributed by atoms with E-state index in [1.165, 1.54) is 52.6 Å². The highest BCUT2D eigenvalue weighted by Crippen LogP contribution is 2.31. The molecule has 3 N–H and O–H groups in total. The van der Waals surface area contributed by atoms with Gasteiger partial charge in [0.05, 0.1) is 32.0 Å². The van der Waals surface area contributed by atoms with Crippen LogP contribution in [0.3, 0.4) is 0 Å². The van der Waals surface area contributed by atoms with Gasteiger partial charge in [0.2, 0.25) is 5.75 Å². The summed E-state index contributed by atoms with van der Waals surface area (Å²) >= 11 is 0. The van der Waals surface area contributed by atoms with Crippen LogP contribution >= 0.6 is 0 Å². The number of methoxy groups -OCH3 is 2. The Morgan fingerprint density at radius 2 is 0.875 bits per heavy atom. The predicted molar refractivity (Wildman–Crippen MR) is 269 cm³/mol. The van der Waals surface area contributed by atoms with Crippen LogP contribution < -0.4 is 24.8 Å². The summed E-state index contributed by atoms with van der Waals surface area (Å²) in [6.07, 6.45) is 1.91. The summed E-state index contributed by atoms with van der Waals surface area (Å²) in [5, 5.41) is 15.1. The van der Waals surface area contributed by atoms with E-state index in [4.69, 9.17) is 23.7 Å². The molecule has 2 aromatic heterocycles. The molecule has 0 fully saturated rings. The average Bonchev–Trinajstić information content (AvgIpc) is 3.33. The van der Waals surface area contributed by atoms with Gasteiger partial charge in [-0.3, -0.25) is 24.0 Å². The maximum absolute atomic E-state index is 12.9. The van der Waals surface area contributed by atoms with E-state index in [1.54, 1.807) is 41.5 Å². The standard InChI is InChI=1S/C25H32N2O6.C21H26N2O5.C8H14O3/c1-14(2)24(29)33-22-20(31-7)12-13-26-21(22)23(28)27-17(5)25(30)32-18(6)16(4)19-11-9-8-10-15(19)3;1-12-8-6-7-9-16(12)13(2)15(4)28-21(26)14(3)23-20(25)18-19(24)17(27-5)10-11-22-18;1-5(2)7(9)11-8(10)6(3)4/h8-14,16-18H,1-7H3,(H,27,28);6-11,13-15,24H,1-5H3,(H,23,25);5-6H,1-4H3/t16-,17+,18+;13-,14+,15+;/m11./s1. The Hall–Kier alpha value is -7.37. The van der Waals surface area contributed by atoms with Gasteiger partial charge in [-0.05, 0) is 63.8 Å². The molecule has 392 valence electrons. The average molecular weight is 1000 g/mol. The highest BCUT2D eigenvalue weighted by Gasteiger charge is 2.29. The van der Waals surface area contributed by atoms with Crippen LogP contribution in [0.4, 0.5) is 0 Å². The Balaban J connectivity index is 0.000000412. The van der Waals surface area contributed by atoms with Gasteiger partial charge in [0.25, 0.3) is 11.8 Å². The van der Waals surface area contributed by atoms with Crippen molar-refractivity contribution < 1.29 is 67.1 Å². The lowest BCUT2D eigenvalue weighted by Gasteiger charge is -2.24. The van der Waals surface area contributed by atoms with Crippen molar-refractivity contribution in [2.24, 2.45) is 17.8 Å². The molecule has 4 rings (SSSR count). The molecule has 0 saturated carbocycles. The number of esters is 5. The summed E-state index contributed by atoms with van der Waals surface area (Å²) in [7, 11) is 2.76. The van der Waals surface area contributed by atoms with E-state index in [9.17, 15) is 38.7 Å². The van der Waals surface area contributed by atoms with Gasteiger partial charge in [0.1, 0.15) is 24.3 Å². The minimum absolute atomic E-state index is 0.00264. The number of hydrogen-bond donors (Lipinski definition) is 3. The number of aromatic nitrogens is 2. The maximum atomic E-state index is 12.9. The van der Waals surface area contributed by atoms with Crippen molar-refractivity contribution in [2.75, 3.05) is 14.2 Å². The summed E-state index contributed by atoms with van der Waals surface area (Å²) < 4.78 is 31.1. The van der Waals surface area contributed by atoms with E-state index in [2.05, 4.69) is 25.3 Å². The largest absolute Gasteiger partial charge is 0.503 e. The first-order chi connectivity index (χ1) is 33.8. The number of nitrogens with zero attached hydrogens (tertiary/aromatic N) is 2. The second kappa shape index (κ2) is 29.1. The van der Waals surface area contributed by atoms with Gasteiger partial charge in [-0.1, -0.05) is 104 Å². The molecular formula is C54H72N4O14. The van der Waals surface area contributed by atoms with E-state index in [0.29, 0.717) is 0 Å². The van der Waals surface area contributed by atoms with Gasteiger partial charge in [-0.2, -0.15) is 0 Å². The second-order valence-corrected chi connectivity index (χ2v) is 18.0. The number of ether oxygens (including phenoxy) is 6. The maximum Gasteiger partial charge on any atom is 0.328 e. The SMILES string of the molecule is CC(C)C(=O)OC(=O)C(C)C.COc1ccnc(C(=O)N[C@@H](C)C(=O)O[C@@H](C)[C@@H](C)c2ccccc2C)c1O.COc1ccnc(C(=O)N[C@@H](C)C(=O)O[C@@H](C)[C@@H](C)c2ccccc2C)c1OC(=O)C(C)C. The van der Waals surface area contributed by atoms with Crippen molar-refractivity contribution in [2.45, 2.75) is 133 Å². The van der Waals surface area contributed by atoms with Crippen molar-refractivity contribution >= 4 is 41.7 Å². The van der Waals surface area contributed by atoms with Crippen molar-refractivity contribution in [1.29, 1.82) is 0 Å². The Bertz CT molecular complexity index is 2470. The van der Waals surface area contributed by atoms with Gasteiger partial charge in [0.15, 0.2) is 28.6 Å². The van der Waals surface area contributed by atoms with E-state index in [0.717, 1.165) is 22.3 Å². The highest BCUT2D eigenvalue weighted by atomic mass is 16.6. The lowest BCUT2D eigenvalue weighted by molar-refractivity contribution is -0.164. The van der Waals surface area contributed by atoms with Crippen LogP contribution in [0.1, 0.15) is 138 Å². The van der Waals surface area contributed by atoms with Gasteiger partial charge in [-0.25, -0.2) is 19.6 Å². The first-order valence-corrected chi connectivity index (χ1v) is 23.6. The smallest absolute Gasteiger partial charge is 0.328 e. The lowest BCUT2D eigenvalue weighted by atomic mass is 9.92. The molecule has 0 unspecified atom stereocenters. The molecular weight excluding hydrogens is 929 g/mol. The van der Waals surface area contributed by atoms with Crippen molar-refractivity contribution in [3.63, 3.8) is 0 Å². The Kier molecular flexibility index (Phi) is 24.5. The summed E-state index contributed by atoms with van der Waals surface area (Å²) in [5.41, 5.74) is 4.04. The zero-order chi connectivity index (χ0) is 54.6. The molecule has 0 radical (unpaired) electrons. The molecule has 2 amide bonds. The number of rotatable bonds is 18. The number of carbonyl (C=O) groups is 7. The third-order valence-electron chi connectivity index (χ3n) is 11.2. The molecule has 2 heterocycles. The second-order valence-electron chi connectivity index (χ2n) is 18.0. The van der Waals surface area contributed by atoms with Crippen LogP contribution in [0.25, 0.3) is 0 Å². The Labute approximate surface area is 422 Å². The zero-order valence-electron chi connectivity index (χ0n) is 44.3. The molecule has 0 bridgehead atoms. The van der Waals surface area contributed by atoms with Crippen LogP contribution in [0, 0.1) is 31.6 Å². The number of aryl methyl sites for hydroxylation is 2. The van der Waals surface area contributed by atoms with Gasteiger partial charge in [0, 0.05) is 36.4 Å². The number of carbonyl (C=O) groups excluding carboxylic acids is 7. The monoisotopic (exact) mass is 1000 g/mol. The first kappa shape index (κ1) is 60.8. The van der Waals surface area contributed by atoms with Crippen LogP contribution in [0.5, 0.6) is 23.0 Å². The number of pyridine rings is 2. The topological polar surface area (TPSA) is 245 Å². The molecule has 6 atom stereocenters. The third-order valence-corrected chi connectivity index (χ3v) is 11.2. The number of benzene rings is 2. The van der Waals surface area contributed by atoms with Crippen LogP contribution in [-0.2, 0) is 38.2 Å². The normalized spacial score (nSPS) is 13.2. The van der Waals surface area contributed by atoms with Crippen LogP contribution in [0.2, 0.25) is 0 Å². The number of nitrogens with one attached hydrogen (secondary N) is 2. The van der Waals surface area contributed by atoms with E-state index >= 15 is 0 Å². The fourth-order valence-electron chi connectivity index (χ4n) is 6.30. The highest BCUT2D eigenvalue weighted by molar-refractivity contribution is 5.99. The fraction of sp³-hybridized carbons (Fsp3) is 0.463. The van der Waals surface area contributed by atoms with Crippen molar-refractivity contribution in [1.82, 2.24) is 20.6 Å². The molecule has 0 saturated heterocycles. The Morgan fingerprint density at radius 3 is 1.26 bits per heavy atom. The number of amides is 2. The molecule has 18 heteroatoms. The minimum atomic E-state index is -0.953. The minimum Gasteiger partial charge on any atom is -0.503 e. The lowest BCUT2D eigenvalue weighted by Crippen LogP contribution is -2.41. The van der Waals surface area contributed by atoms with Crippen LogP contribution in [0.15, 0.2) is 73.1 Å². The first-order valence-electron chi connectivity index (χ1n) is 23.6. The Morgan fingerprint density at radius 1 is 0.500 bits per heavy atom. The summed E-state index contributed by atoms with van der Waals surface area (Å²) in [5.74, 6) is -5.09. The molecule has 72 heavy (non-hydrogen) atoms. The van der Waals surface area contributed by atoms with E-state index < -0.39 is 65.8 Å². The molecule has 2 aromatic carbocycles. The fourth-order valence-corrected chi connectivity index (χ4v) is 6.30.